The number of nitrogens with one attached hydrogen (secondary N) is 2. The number of ether oxygens (including phenoxy) is 1. The zero-order valence-corrected chi connectivity index (χ0v) is 16.5. The number of anilines is 1. The summed E-state index contributed by atoms with van der Waals surface area (Å²) >= 11 is 3.36. The monoisotopic (exact) mass is 427 g/mol. The Hall–Kier alpha value is -2.93. The fraction of sp³-hybridized carbons (Fsp3) is 0.150. The lowest BCUT2D eigenvalue weighted by molar-refractivity contribution is -0.115. The number of pyridine rings is 1. The third kappa shape index (κ3) is 4.43. The number of carbonyl (C=O) groups is 2. The Balaban J connectivity index is 1.69. The van der Waals surface area contributed by atoms with Gasteiger partial charge in [-0.15, -0.1) is 0 Å². The Bertz CT molecular complexity index is 1020. The first-order chi connectivity index (χ1) is 13.0. The van der Waals surface area contributed by atoms with Crippen molar-refractivity contribution in [3.8, 4) is 5.75 Å². The molecular weight excluding hydrogens is 410 g/mol. The van der Waals surface area contributed by atoms with Gasteiger partial charge in [0, 0.05) is 15.9 Å². The fourth-order valence-electron chi connectivity index (χ4n) is 2.61. The van der Waals surface area contributed by atoms with Crippen molar-refractivity contribution in [3.05, 3.63) is 64.3 Å². The van der Waals surface area contributed by atoms with E-state index in [1.807, 2.05) is 36.4 Å². The Morgan fingerprint density at radius 3 is 2.67 bits per heavy atom. The Labute approximate surface area is 165 Å². The van der Waals surface area contributed by atoms with E-state index in [9.17, 15) is 9.59 Å². The number of aromatic nitrogens is 1. The SMILES string of the molecule is COc1ccc2cc(C(=O)NCC(=O)Nc3ccccc3Br)c(C)nc2c1. The van der Waals surface area contributed by atoms with E-state index in [2.05, 4.69) is 31.5 Å². The standard InChI is InChI=1S/C20H18BrN3O3/c1-12-15(9-13-7-8-14(27-2)10-18(13)23-12)20(26)22-11-19(25)24-17-6-4-3-5-16(17)21/h3-10H,11H2,1-2H3,(H,22,26)(H,24,25). The van der Waals surface area contributed by atoms with Gasteiger partial charge in [-0.05, 0) is 53.2 Å². The minimum Gasteiger partial charge on any atom is -0.497 e. The van der Waals surface area contributed by atoms with Crippen LogP contribution in [0.2, 0.25) is 0 Å². The lowest BCUT2D eigenvalue weighted by atomic mass is 10.1. The number of rotatable bonds is 5. The molecule has 0 unspecified atom stereocenters. The van der Waals surface area contributed by atoms with Crippen LogP contribution in [0.15, 0.2) is 53.0 Å². The average Bonchev–Trinajstić information content (AvgIpc) is 2.67. The van der Waals surface area contributed by atoms with Crippen LogP contribution in [-0.2, 0) is 4.79 Å². The highest BCUT2D eigenvalue weighted by molar-refractivity contribution is 9.10. The Morgan fingerprint density at radius 2 is 1.93 bits per heavy atom. The molecule has 27 heavy (non-hydrogen) atoms. The molecule has 0 radical (unpaired) electrons. The second-order valence-electron chi connectivity index (χ2n) is 5.89. The van der Waals surface area contributed by atoms with Crippen LogP contribution in [-0.4, -0.2) is 30.5 Å². The topological polar surface area (TPSA) is 80.3 Å². The molecule has 2 amide bonds. The van der Waals surface area contributed by atoms with Crippen LogP contribution in [0.5, 0.6) is 5.75 Å². The first kappa shape index (κ1) is 18.8. The van der Waals surface area contributed by atoms with E-state index in [1.165, 1.54) is 0 Å². The summed E-state index contributed by atoms with van der Waals surface area (Å²) in [5.41, 5.74) is 2.41. The molecule has 0 aliphatic rings. The predicted octanol–water partition coefficient (Wildman–Crippen LogP) is 3.68. The van der Waals surface area contributed by atoms with Gasteiger partial charge in [0.05, 0.1) is 36.1 Å². The number of amides is 2. The molecule has 1 aromatic heterocycles. The zero-order valence-electron chi connectivity index (χ0n) is 14.9. The number of methoxy groups -OCH3 is 1. The molecule has 0 aliphatic heterocycles. The number of benzene rings is 2. The van der Waals surface area contributed by atoms with Crippen molar-refractivity contribution in [2.24, 2.45) is 0 Å². The molecule has 0 aliphatic carbocycles. The number of aryl methyl sites for hydroxylation is 1. The molecule has 2 N–H and O–H groups in total. The van der Waals surface area contributed by atoms with Gasteiger partial charge in [0.15, 0.2) is 0 Å². The summed E-state index contributed by atoms with van der Waals surface area (Å²) < 4.78 is 5.97. The van der Waals surface area contributed by atoms with Gasteiger partial charge < -0.3 is 15.4 Å². The number of hydrogen-bond acceptors (Lipinski definition) is 4. The van der Waals surface area contributed by atoms with Crippen molar-refractivity contribution < 1.29 is 14.3 Å². The summed E-state index contributed by atoms with van der Waals surface area (Å²) in [6.45, 7) is 1.62. The van der Waals surface area contributed by atoms with Gasteiger partial charge >= 0.3 is 0 Å². The number of carbonyl (C=O) groups excluding carboxylic acids is 2. The highest BCUT2D eigenvalue weighted by atomic mass is 79.9. The maximum Gasteiger partial charge on any atom is 0.253 e. The zero-order chi connectivity index (χ0) is 19.4. The smallest absolute Gasteiger partial charge is 0.253 e. The lowest BCUT2D eigenvalue weighted by Gasteiger charge is -2.10. The van der Waals surface area contributed by atoms with Gasteiger partial charge in [-0.3, -0.25) is 14.6 Å². The molecule has 0 fully saturated rings. The van der Waals surface area contributed by atoms with Gasteiger partial charge in [-0.25, -0.2) is 0 Å². The molecule has 2 aromatic carbocycles. The third-order valence-corrected chi connectivity index (χ3v) is 4.71. The summed E-state index contributed by atoms with van der Waals surface area (Å²) in [5, 5.41) is 6.20. The van der Waals surface area contributed by atoms with E-state index in [-0.39, 0.29) is 18.4 Å². The number of halogens is 1. The summed E-state index contributed by atoms with van der Waals surface area (Å²) in [4.78, 5) is 29.0. The van der Waals surface area contributed by atoms with Crippen molar-refractivity contribution in [1.29, 1.82) is 0 Å². The number of para-hydroxylation sites is 1. The minimum atomic E-state index is -0.347. The first-order valence-corrected chi connectivity index (χ1v) is 9.05. The van der Waals surface area contributed by atoms with Crippen molar-refractivity contribution in [1.82, 2.24) is 10.3 Å². The van der Waals surface area contributed by atoms with E-state index >= 15 is 0 Å². The van der Waals surface area contributed by atoms with E-state index in [0.717, 1.165) is 15.4 Å². The minimum absolute atomic E-state index is 0.139. The molecule has 6 nitrogen and oxygen atoms in total. The molecule has 7 heteroatoms. The predicted molar refractivity (Wildman–Crippen MR) is 108 cm³/mol. The van der Waals surface area contributed by atoms with E-state index in [1.54, 1.807) is 26.2 Å². The largest absolute Gasteiger partial charge is 0.497 e. The van der Waals surface area contributed by atoms with Crippen LogP contribution >= 0.6 is 15.9 Å². The molecule has 3 rings (SSSR count). The highest BCUT2D eigenvalue weighted by Gasteiger charge is 2.14. The van der Waals surface area contributed by atoms with Crippen LogP contribution in [0.25, 0.3) is 10.9 Å². The molecule has 0 bridgehead atoms. The maximum absolute atomic E-state index is 12.5. The van der Waals surface area contributed by atoms with Crippen LogP contribution < -0.4 is 15.4 Å². The van der Waals surface area contributed by atoms with Crippen molar-refractivity contribution in [2.75, 3.05) is 19.0 Å². The highest BCUT2D eigenvalue weighted by Crippen LogP contribution is 2.22. The summed E-state index contributed by atoms with van der Waals surface area (Å²) in [5.74, 6) is 0.0433. The second kappa shape index (κ2) is 8.18. The van der Waals surface area contributed by atoms with Crippen LogP contribution in [0.4, 0.5) is 5.69 Å². The average molecular weight is 428 g/mol. The van der Waals surface area contributed by atoms with Crippen LogP contribution in [0, 0.1) is 6.92 Å². The Morgan fingerprint density at radius 1 is 1.15 bits per heavy atom. The molecule has 0 atom stereocenters. The number of hydrogen-bond donors (Lipinski definition) is 2. The number of fused-ring (bicyclic) bond motifs is 1. The molecule has 3 aromatic rings. The molecule has 0 saturated heterocycles. The van der Waals surface area contributed by atoms with Gasteiger partial charge in [0.25, 0.3) is 5.91 Å². The summed E-state index contributed by atoms with van der Waals surface area (Å²) in [7, 11) is 1.59. The van der Waals surface area contributed by atoms with Gasteiger partial charge in [-0.1, -0.05) is 12.1 Å². The van der Waals surface area contributed by atoms with Gasteiger partial charge in [0.1, 0.15) is 5.75 Å². The summed E-state index contributed by atoms with van der Waals surface area (Å²) in [6.07, 6.45) is 0. The van der Waals surface area contributed by atoms with Crippen LogP contribution in [0.3, 0.4) is 0 Å². The van der Waals surface area contributed by atoms with Gasteiger partial charge in [-0.2, -0.15) is 0 Å². The molecular formula is C20H18BrN3O3. The molecule has 1 heterocycles. The fourth-order valence-corrected chi connectivity index (χ4v) is 3.00. The van der Waals surface area contributed by atoms with Crippen molar-refractivity contribution >= 4 is 44.3 Å². The van der Waals surface area contributed by atoms with Crippen LogP contribution in [0.1, 0.15) is 16.1 Å². The van der Waals surface area contributed by atoms with Crippen molar-refractivity contribution in [3.63, 3.8) is 0 Å². The maximum atomic E-state index is 12.5. The van der Waals surface area contributed by atoms with Gasteiger partial charge in [0.2, 0.25) is 5.91 Å². The van der Waals surface area contributed by atoms with E-state index in [4.69, 9.17) is 4.74 Å². The quantitative estimate of drug-likeness (QED) is 0.650. The van der Waals surface area contributed by atoms with E-state index < -0.39 is 0 Å². The normalized spacial score (nSPS) is 10.5. The molecule has 138 valence electrons. The van der Waals surface area contributed by atoms with E-state index in [0.29, 0.717) is 22.7 Å². The van der Waals surface area contributed by atoms with Crippen molar-refractivity contribution in [2.45, 2.75) is 6.92 Å². The number of nitrogens with zero attached hydrogens (tertiary/aromatic N) is 1. The summed E-state index contributed by atoms with van der Waals surface area (Å²) in [6, 6.07) is 14.5. The lowest BCUT2D eigenvalue weighted by Crippen LogP contribution is -2.33. The Kier molecular flexibility index (Phi) is 5.71. The molecule has 0 spiro atoms. The first-order valence-electron chi connectivity index (χ1n) is 8.26. The second-order valence-corrected chi connectivity index (χ2v) is 6.75. The third-order valence-electron chi connectivity index (χ3n) is 4.02. The molecule has 0 saturated carbocycles.